The number of carbonyl (C=O) groups excluding carboxylic acids is 1. The first-order valence-corrected chi connectivity index (χ1v) is 9.27. The average molecular weight is 359 g/mol. The second-order valence-electron chi connectivity index (χ2n) is 7.35. The van der Waals surface area contributed by atoms with Gasteiger partial charge in [-0.1, -0.05) is 26.0 Å². The lowest BCUT2D eigenvalue weighted by Gasteiger charge is -2.29. The molecule has 0 bridgehead atoms. The highest BCUT2D eigenvalue weighted by Crippen LogP contribution is 2.36. The Morgan fingerprint density at radius 1 is 1.19 bits per heavy atom. The molecular formula is C21H17N3OS. The topological polar surface area (TPSA) is 66.6 Å². The summed E-state index contributed by atoms with van der Waals surface area (Å²) in [6, 6.07) is 13.4. The van der Waals surface area contributed by atoms with E-state index in [-0.39, 0.29) is 11.2 Å². The van der Waals surface area contributed by atoms with Crippen LogP contribution in [0, 0.1) is 16.7 Å². The molecule has 1 aromatic carbocycles. The van der Waals surface area contributed by atoms with Crippen LogP contribution in [0.2, 0.25) is 0 Å². The minimum absolute atomic E-state index is 0.0541. The molecule has 2 aromatic heterocycles. The Morgan fingerprint density at radius 2 is 2.04 bits per heavy atom. The third kappa shape index (κ3) is 3.04. The van der Waals surface area contributed by atoms with E-state index in [1.54, 1.807) is 17.4 Å². The summed E-state index contributed by atoms with van der Waals surface area (Å²) < 4.78 is 0. The van der Waals surface area contributed by atoms with E-state index >= 15 is 0 Å². The molecule has 26 heavy (non-hydrogen) atoms. The maximum atomic E-state index is 12.3. The molecule has 0 atom stereocenters. The normalized spacial score (nSPS) is 15.3. The van der Waals surface area contributed by atoms with Gasteiger partial charge in [-0.3, -0.25) is 4.79 Å². The van der Waals surface area contributed by atoms with Crippen LogP contribution in [0.4, 0.5) is 0 Å². The van der Waals surface area contributed by atoms with Crippen LogP contribution in [0.1, 0.15) is 41.9 Å². The molecule has 0 spiro atoms. The summed E-state index contributed by atoms with van der Waals surface area (Å²) in [6.45, 7) is 4.21. The second-order valence-corrected chi connectivity index (χ2v) is 8.38. The molecule has 0 saturated heterocycles. The molecule has 5 heteroatoms. The lowest BCUT2D eigenvalue weighted by molar-refractivity contribution is 0.0910. The van der Waals surface area contributed by atoms with Gasteiger partial charge < -0.3 is 0 Å². The predicted molar refractivity (Wildman–Crippen MR) is 102 cm³/mol. The Morgan fingerprint density at radius 3 is 2.85 bits per heavy atom. The molecule has 3 aromatic rings. The van der Waals surface area contributed by atoms with E-state index in [0.29, 0.717) is 12.0 Å². The van der Waals surface area contributed by atoms with Crippen molar-refractivity contribution in [1.29, 1.82) is 5.26 Å². The van der Waals surface area contributed by atoms with Gasteiger partial charge in [-0.15, -0.1) is 11.3 Å². The molecule has 128 valence electrons. The Labute approximate surface area is 156 Å². The number of rotatable bonds is 2. The zero-order valence-electron chi connectivity index (χ0n) is 14.6. The minimum Gasteiger partial charge on any atom is -0.294 e. The summed E-state index contributed by atoms with van der Waals surface area (Å²) in [6.07, 6.45) is 3.18. The number of hydrogen-bond acceptors (Lipinski definition) is 5. The van der Waals surface area contributed by atoms with Gasteiger partial charge in [0.1, 0.15) is 5.01 Å². The fraction of sp³-hybridized carbons (Fsp3) is 0.238. The zero-order chi connectivity index (χ0) is 18.3. The van der Waals surface area contributed by atoms with Gasteiger partial charge >= 0.3 is 0 Å². The number of nitrogens with zero attached hydrogens (tertiary/aromatic N) is 3. The largest absolute Gasteiger partial charge is 0.294 e. The van der Waals surface area contributed by atoms with Gasteiger partial charge in [-0.05, 0) is 41.7 Å². The number of fused-ring (bicyclic) bond motifs is 1. The number of aromatic nitrogens is 2. The molecule has 1 aliphatic carbocycles. The van der Waals surface area contributed by atoms with Crippen molar-refractivity contribution in [2.75, 3.05) is 0 Å². The first-order chi connectivity index (χ1) is 12.4. The fourth-order valence-corrected chi connectivity index (χ4v) is 4.20. The molecule has 1 aliphatic rings. The van der Waals surface area contributed by atoms with E-state index in [2.05, 4.69) is 24.9 Å². The number of nitriles is 1. The summed E-state index contributed by atoms with van der Waals surface area (Å²) >= 11 is 1.54. The standard InChI is InChI=1S/C21H17N3OS/c1-21(2)9-17-15(18(25)10-21)6-7-16(24-17)20-23-12-19(26-20)14-5-3-4-13(8-14)11-22/h3-8,12H,9-10H2,1-2H3. The highest BCUT2D eigenvalue weighted by molar-refractivity contribution is 7.18. The van der Waals surface area contributed by atoms with Crippen molar-refractivity contribution >= 4 is 17.1 Å². The number of ketones is 1. The first-order valence-electron chi connectivity index (χ1n) is 8.45. The summed E-state index contributed by atoms with van der Waals surface area (Å²) in [5.74, 6) is 0.170. The van der Waals surface area contributed by atoms with Crippen molar-refractivity contribution in [1.82, 2.24) is 9.97 Å². The number of Topliss-reactive ketones (excluding diaryl/α,β-unsaturated/α-hetero) is 1. The van der Waals surface area contributed by atoms with Gasteiger partial charge in [0.25, 0.3) is 0 Å². The molecule has 0 radical (unpaired) electrons. The molecule has 0 aliphatic heterocycles. The second kappa shape index (κ2) is 6.15. The van der Waals surface area contributed by atoms with E-state index < -0.39 is 0 Å². The molecular weight excluding hydrogens is 342 g/mol. The van der Waals surface area contributed by atoms with Crippen molar-refractivity contribution in [2.24, 2.45) is 5.41 Å². The maximum Gasteiger partial charge on any atom is 0.165 e. The molecule has 0 unspecified atom stereocenters. The van der Waals surface area contributed by atoms with Crippen LogP contribution in [-0.4, -0.2) is 15.8 Å². The molecule has 2 heterocycles. The molecule has 0 saturated carbocycles. The van der Waals surface area contributed by atoms with Crippen molar-refractivity contribution in [3.05, 3.63) is 59.4 Å². The van der Waals surface area contributed by atoms with Crippen molar-refractivity contribution in [2.45, 2.75) is 26.7 Å². The van der Waals surface area contributed by atoms with Crippen LogP contribution < -0.4 is 0 Å². The number of hydrogen-bond donors (Lipinski definition) is 0. The van der Waals surface area contributed by atoms with Crippen LogP contribution in [0.15, 0.2) is 42.6 Å². The molecule has 4 rings (SSSR count). The Balaban J connectivity index is 1.70. The van der Waals surface area contributed by atoms with Gasteiger partial charge in [0.2, 0.25) is 0 Å². The van der Waals surface area contributed by atoms with Crippen LogP contribution in [0.25, 0.3) is 21.1 Å². The Hall–Kier alpha value is -2.84. The van der Waals surface area contributed by atoms with Gasteiger partial charge in [0, 0.05) is 18.2 Å². The van der Waals surface area contributed by atoms with E-state index in [0.717, 1.165) is 38.8 Å². The smallest absolute Gasteiger partial charge is 0.165 e. The van der Waals surface area contributed by atoms with Gasteiger partial charge in [0.05, 0.1) is 27.9 Å². The highest BCUT2D eigenvalue weighted by atomic mass is 32.1. The van der Waals surface area contributed by atoms with Crippen LogP contribution in [0.3, 0.4) is 0 Å². The van der Waals surface area contributed by atoms with Crippen molar-refractivity contribution < 1.29 is 4.79 Å². The van der Waals surface area contributed by atoms with E-state index in [1.807, 2.05) is 36.5 Å². The van der Waals surface area contributed by atoms with Crippen LogP contribution >= 0.6 is 11.3 Å². The molecule has 0 amide bonds. The van der Waals surface area contributed by atoms with Crippen molar-refractivity contribution in [3.8, 4) is 27.2 Å². The number of carbonyl (C=O) groups is 1. The SMILES string of the molecule is CC1(C)CC(=O)c2ccc(-c3ncc(-c4cccc(C#N)c4)s3)nc2C1. The van der Waals surface area contributed by atoms with Crippen LogP contribution in [0.5, 0.6) is 0 Å². The van der Waals surface area contributed by atoms with E-state index in [1.165, 1.54) is 0 Å². The zero-order valence-corrected chi connectivity index (χ0v) is 15.4. The fourth-order valence-electron chi connectivity index (χ4n) is 3.32. The van der Waals surface area contributed by atoms with E-state index in [9.17, 15) is 4.79 Å². The predicted octanol–water partition coefficient (Wildman–Crippen LogP) is 4.90. The van der Waals surface area contributed by atoms with E-state index in [4.69, 9.17) is 10.2 Å². The Bertz CT molecular complexity index is 1060. The molecule has 0 N–H and O–H groups in total. The third-order valence-corrected chi connectivity index (χ3v) is 5.63. The summed E-state index contributed by atoms with van der Waals surface area (Å²) in [5.41, 5.74) is 3.95. The minimum atomic E-state index is -0.0541. The average Bonchev–Trinajstić information content (AvgIpc) is 3.10. The van der Waals surface area contributed by atoms with Gasteiger partial charge in [0.15, 0.2) is 5.78 Å². The lowest BCUT2D eigenvalue weighted by atomic mass is 9.75. The first kappa shape index (κ1) is 16.6. The lowest BCUT2D eigenvalue weighted by Crippen LogP contribution is -2.27. The number of pyridine rings is 1. The highest BCUT2D eigenvalue weighted by Gasteiger charge is 2.32. The van der Waals surface area contributed by atoms with Crippen molar-refractivity contribution in [3.63, 3.8) is 0 Å². The maximum absolute atomic E-state index is 12.3. The van der Waals surface area contributed by atoms with Crippen LogP contribution in [-0.2, 0) is 6.42 Å². The summed E-state index contributed by atoms with van der Waals surface area (Å²) in [5, 5.41) is 9.89. The van der Waals surface area contributed by atoms with Gasteiger partial charge in [-0.2, -0.15) is 5.26 Å². The number of thiazole rings is 1. The molecule has 0 fully saturated rings. The summed E-state index contributed by atoms with van der Waals surface area (Å²) in [4.78, 5) is 22.6. The Kier molecular flexibility index (Phi) is 3.93. The van der Waals surface area contributed by atoms with Gasteiger partial charge in [-0.25, -0.2) is 9.97 Å². The quantitative estimate of drug-likeness (QED) is 0.653. The molecule has 4 nitrogen and oxygen atoms in total. The monoisotopic (exact) mass is 359 g/mol. The number of benzene rings is 1. The summed E-state index contributed by atoms with van der Waals surface area (Å²) in [7, 11) is 0. The third-order valence-electron chi connectivity index (χ3n) is 4.56.